The van der Waals surface area contributed by atoms with Crippen molar-refractivity contribution in [3.63, 3.8) is 0 Å². The molecule has 1 aromatic carbocycles. The zero-order valence-electron chi connectivity index (χ0n) is 11.0. The number of anilines is 1. The molecular weight excluding hydrogens is 310 g/mol. The van der Waals surface area contributed by atoms with E-state index < -0.39 is 0 Å². The highest BCUT2D eigenvalue weighted by atomic mass is 79.9. The Morgan fingerprint density at radius 2 is 1.79 bits per heavy atom. The molecule has 0 bridgehead atoms. The molecule has 0 saturated carbocycles. The first-order valence-corrected chi connectivity index (χ1v) is 6.83. The molecule has 0 spiro atoms. The van der Waals surface area contributed by atoms with Crippen molar-refractivity contribution in [1.82, 2.24) is 10.6 Å². The van der Waals surface area contributed by atoms with E-state index in [2.05, 4.69) is 31.9 Å². The Labute approximate surface area is 121 Å². The van der Waals surface area contributed by atoms with E-state index in [1.54, 1.807) is 6.07 Å². The molecule has 0 fully saturated rings. The Kier molecular flexibility index (Phi) is 6.52. The Morgan fingerprint density at radius 3 is 2.42 bits per heavy atom. The van der Waals surface area contributed by atoms with Crippen LogP contribution in [0, 0.1) is 0 Å². The van der Waals surface area contributed by atoms with Crippen LogP contribution < -0.4 is 16.0 Å². The van der Waals surface area contributed by atoms with E-state index in [9.17, 15) is 9.59 Å². The fraction of sp³-hybridized carbons (Fsp3) is 0.385. The van der Waals surface area contributed by atoms with Gasteiger partial charge in [-0.15, -0.1) is 0 Å². The van der Waals surface area contributed by atoms with Gasteiger partial charge in [0.05, 0.1) is 18.8 Å². The largest absolute Gasteiger partial charge is 0.353 e. The van der Waals surface area contributed by atoms with Crippen LogP contribution in [0.15, 0.2) is 28.7 Å². The van der Waals surface area contributed by atoms with Gasteiger partial charge in [0.25, 0.3) is 0 Å². The summed E-state index contributed by atoms with van der Waals surface area (Å²) in [6.07, 6.45) is 0. The SMILES string of the molecule is CC(C)NC(=O)CNCC(=O)Nc1ccccc1Br. The van der Waals surface area contributed by atoms with E-state index in [-0.39, 0.29) is 30.9 Å². The highest BCUT2D eigenvalue weighted by molar-refractivity contribution is 9.10. The number of hydrogen-bond acceptors (Lipinski definition) is 3. The third-order valence-electron chi connectivity index (χ3n) is 2.17. The van der Waals surface area contributed by atoms with Crippen molar-refractivity contribution in [3.05, 3.63) is 28.7 Å². The monoisotopic (exact) mass is 327 g/mol. The highest BCUT2D eigenvalue weighted by Gasteiger charge is 2.06. The van der Waals surface area contributed by atoms with E-state index in [0.29, 0.717) is 5.69 Å². The van der Waals surface area contributed by atoms with Crippen molar-refractivity contribution in [3.8, 4) is 0 Å². The maximum atomic E-state index is 11.6. The minimum Gasteiger partial charge on any atom is -0.353 e. The third kappa shape index (κ3) is 6.35. The first-order chi connectivity index (χ1) is 8.99. The molecule has 0 aliphatic rings. The molecule has 104 valence electrons. The quantitative estimate of drug-likeness (QED) is 0.741. The van der Waals surface area contributed by atoms with E-state index in [4.69, 9.17) is 0 Å². The zero-order chi connectivity index (χ0) is 14.3. The first-order valence-electron chi connectivity index (χ1n) is 6.03. The molecule has 6 heteroatoms. The Morgan fingerprint density at radius 1 is 1.16 bits per heavy atom. The number of carbonyl (C=O) groups excluding carboxylic acids is 2. The second kappa shape index (κ2) is 7.91. The van der Waals surface area contributed by atoms with E-state index in [1.165, 1.54) is 0 Å². The van der Waals surface area contributed by atoms with Crippen LogP contribution in [-0.2, 0) is 9.59 Å². The summed E-state index contributed by atoms with van der Waals surface area (Å²) in [6, 6.07) is 7.45. The van der Waals surface area contributed by atoms with Gasteiger partial charge in [0.1, 0.15) is 0 Å². The summed E-state index contributed by atoms with van der Waals surface area (Å²) in [5.74, 6) is -0.312. The lowest BCUT2D eigenvalue weighted by Gasteiger charge is -2.10. The smallest absolute Gasteiger partial charge is 0.238 e. The molecular formula is C13H18BrN3O2. The van der Waals surface area contributed by atoms with Gasteiger partial charge in [-0.1, -0.05) is 12.1 Å². The van der Waals surface area contributed by atoms with Gasteiger partial charge < -0.3 is 10.6 Å². The van der Waals surface area contributed by atoms with Crippen molar-refractivity contribution in [2.75, 3.05) is 18.4 Å². The minimum atomic E-state index is -0.191. The predicted molar refractivity (Wildman–Crippen MR) is 78.9 cm³/mol. The molecule has 3 N–H and O–H groups in total. The maximum absolute atomic E-state index is 11.6. The fourth-order valence-electron chi connectivity index (χ4n) is 1.42. The van der Waals surface area contributed by atoms with Gasteiger partial charge in [-0.25, -0.2) is 0 Å². The number of nitrogens with one attached hydrogen (secondary N) is 3. The normalized spacial score (nSPS) is 10.3. The van der Waals surface area contributed by atoms with Crippen LogP contribution in [-0.4, -0.2) is 30.9 Å². The van der Waals surface area contributed by atoms with Crippen LogP contribution in [0.25, 0.3) is 0 Å². The van der Waals surface area contributed by atoms with Crippen molar-refractivity contribution in [2.24, 2.45) is 0 Å². The average Bonchev–Trinajstić information content (AvgIpc) is 2.31. The Bertz CT molecular complexity index is 449. The molecule has 0 aliphatic carbocycles. The molecule has 0 unspecified atom stereocenters. The van der Waals surface area contributed by atoms with E-state index >= 15 is 0 Å². The molecule has 0 atom stereocenters. The summed E-state index contributed by atoms with van der Waals surface area (Å²) >= 11 is 3.34. The lowest BCUT2D eigenvalue weighted by molar-refractivity contribution is -0.120. The molecule has 0 saturated heterocycles. The molecule has 5 nitrogen and oxygen atoms in total. The van der Waals surface area contributed by atoms with Gasteiger partial charge in [-0.3, -0.25) is 14.9 Å². The molecule has 2 amide bonds. The molecule has 1 rings (SSSR count). The van der Waals surface area contributed by atoms with E-state index in [1.807, 2.05) is 32.0 Å². The summed E-state index contributed by atoms with van der Waals surface area (Å²) < 4.78 is 0.820. The second-order valence-electron chi connectivity index (χ2n) is 4.35. The maximum Gasteiger partial charge on any atom is 0.238 e. The van der Waals surface area contributed by atoms with Gasteiger partial charge in [0.2, 0.25) is 11.8 Å². The highest BCUT2D eigenvalue weighted by Crippen LogP contribution is 2.20. The lowest BCUT2D eigenvalue weighted by Crippen LogP contribution is -2.40. The number of carbonyl (C=O) groups is 2. The summed E-state index contributed by atoms with van der Waals surface area (Å²) in [7, 11) is 0. The van der Waals surface area contributed by atoms with Gasteiger partial charge in [-0.2, -0.15) is 0 Å². The second-order valence-corrected chi connectivity index (χ2v) is 5.21. The average molecular weight is 328 g/mol. The van der Waals surface area contributed by atoms with Crippen molar-refractivity contribution >= 4 is 33.4 Å². The van der Waals surface area contributed by atoms with Gasteiger partial charge >= 0.3 is 0 Å². The van der Waals surface area contributed by atoms with Gasteiger partial charge in [0, 0.05) is 10.5 Å². The molecule has 0 aromatic heterocycles. The Balaban J connectivity index is 2.29. The van der Waals surface area contributed by atoms with Crippen molar-refractivity contribution in [2.45, 2.75) is 19.9 Å². The van der Waals surface area contributed by atoms with Gasteiger partial charge in [-0.05, 0) is 41.9 Å². The number of rotatable bonds is 6. The van der Waals surface area contributed by atoms with Crippen molar-refractivity contribution < 1.29 is 9.59 Å². The number of amides is 2. The first kappa shape index (κ1) is 15.7. The number of benzene rings is 1. The molecule has 0 aliphatic heterocycles. The molecule has 0 radical (unpaired) electrons. The van der Waals surface area contributed by atoms with E-state index in [0.717, 1.165) is 4.47 Å². The molecule has 0 heterocycles. The Hall–Kier alpha value is -1.40. The number of para-hydroxylation sites is 1. The predicted octanol–water partition coefficient (Wildman–Crippen LogP) is 1.50. The molecule has 19 heavy (non-hydrogen) atoms. The van der Waals surface area contributed by atoms with Crippen LogP contribution in [0.5, 0.6) is 0 Å². The third-order valence-corrected chi connectivity index (χ3v) is 2.86. The van der Waals surface area contributed by atoms with Crippen LogP contribution >= 0.6 is 15.9 Å². The summed E-state index contributed by atoms with van der Waals surface area (Å²) in [5, 5.41) is 8.27. The lowest BCUT2D eigenvalue weighted by atomic mass is 10.3. The standard InChI is InChI=1S/C13H18BrN3O2/c1-9(2)16-12(18)7-15-8-13(19)17-11-6-4-3-5-10(11)14/h3-6,9,15H,7-8H2,1-2H3,(H,16,18)(H,17,19). The number of halogens is 1. The van der Waals surface area contributed by atoms with Crippen molar-refractivity contribution in [1.29, 1.82) is 0 Å². The van der Waals surface area contributed by atoms with Crippen LogP contribution in [0.3, 0.4) is 0 Å². The fourth-order valence-corrected chi connectivity index (χ4v) is 1.80. The van der Waals surface area contributed by atoms with Gasteiger partial charge in [0.15, 0.2) is 0 Å². The minimum absolute atomic E-state index is 0.0901. The van der Waals surface area contributed by atoms with Crippen LogP contribution in [0.1, 0.15) is 13.8 Å². The summed E-state index contributed by atoms with van der Waals surface area (Å²) in [4.78, 5) is 23.0. The molecule has 1 aromatic rings. The summed E-state index contributed by atoms with van der Waals surface area (Å²) in [6.45, 7) is 3.99. The summed E-state index contributed by atoms with van der Waals surface area (Å²) in [5.41, 5.74) is 0.709. The zero-order valence-corrected chi connectivity index (χ0v) is 12.6. The topological polar surface area (TPSA) is 70.2 Å². The van der Waals surface area contributed by atoms with Crippen LogP contribution in [0.4, 0.5) is 5.69 Å². The number of hydrogen-bond donors (Lipinski definition) is 3. The van der Waals surface area contributed by atoms with Crippen LogP contribution in [0.2, 0.25) is 0 Å².